The molecule has 122 valence electrons. The smallest absolute Gasteiger partial charge is 0.287 e. The molecule has 1 aromatic heterocycles. The maximum atomic E-state index is 12.6. The van der Waals surface area contributed by atoms with E-state index in [4.69, 9.17) is 10.2 Å². The number of halogens is 1. The summed E-state index contributed by atoms with van der Waals surface area (Å²) in [7, 11) is 0. The van der Waals surface area contributed by atoms with Crippen molar-refractivity contribution in [2.45, 2.75) is 44.2 Å². The van der Waals surface area contributed by atoms with Gasteiger partial charge in [0, 0.05) is 21.9 Å². The van der Waals surface area contributed by atoms with E-state index in [0.717, 1.165) is 28.3 Å². The summed E-state index contributed by atoms with van der Waals surface area (Å²) in [6.45, 7) is 0. The topological polar surface area (TPSA) is 68.3 Å². The molecule has 2 bridgehead atoms. The molecule has 4 nitrogen and oxygen atoms in total. The van der Waals surface area contributed by atoms with Crippen LogP contribution in [0.25, 0.3) is 11.0 Å². The van der Waals surface area contributed by atoms with Crippen LogP contribution in [-0.2, 0) is 0 Å². The molecule has 1 aromatic carbocycles. The summed E-state index contributed by atoms with van der Waals surface area (Å²) in [6.07, 6.45) is 5.64. The molecule has 2 fully saturated rings. The third-order valence-electron chi connectivity index (χ3n) is 5.38. The fourth-order valence-corrected chi connectivity index (χ4v) is 4.75. The lowest BCUT2D eigenvalue weighted by Gasteiger charge is -2.45. The molecule has 2 atom stereocenters. The number of furan rings is 1. The minimum atomic E-state index is -0.102. The van der Waals surface area contributed by atoms with Crippen LogP contribution in [0.5, 0.6) is 0 Å². The number of nitrogens with two attached hydrogens (primary N) is 1. The summed E-state index contributed by atoms with van der Waals surface area (Å²) in [4.78, 5) is 12.6. The highest BCUT2D eigenvalue weighted by Crippen LogP contribution is 2.39. The molecular formula is C18H21BrN2O2. The van der Waals surface area contributed by atoms with Gasteiger partial charge in [-0.2, -0.15) is 0 Å². The number of carbonyl (C=O) groups is 1. The Bertz CT molecular complexity index is 728. The van der Waals surface area contributed by atoms with E-state index in [9.17, 15) is 4.79 Å². The van der Waals surface area contributed by atoms with Crippen molar-refractivity contribution in [1.29, 1.82) is 0 Å². The molecule has 2 aliphatic rings. The minimum absolute atomic E-state index is 0.102. The monoisotopic (exact) mass is 376 g/mol. The van der Waals surface area contributed by atoms with Gasteiger partial charge in [-0.05, 0) is 61.8 Å². The number of amides is 1. The standard InChI is InChI=1S/C18H21BrN2O2/c19-13-4-5-15-12(6-13)9-16(23-15)18(22)21-17-10-2-1-3-11(17)8-14(20)7-10/h4-6,9-11,14,17H,1-3,7-8,20H2,(H,21,22). The third kappa shape index (κ3) is 2.92. The van der Waals surface area contributed by atoms with Crippen molar-refractivity contribution in [3.05, 3.63) is 34.5 Å². The van der Waals surface area contributed by atoms with E-state index in [2.05, 4.69) is 21.2 Å². The van der Waals surface area contributed by atoms with Crippen LogP contribution in [0.2, 0.25) is 0 Å². The Hall–Kier alpha value is -1.33. The maximum Gasteiger partial charge on any atom is 0.287 e. The highest BCUT2D eigenvalue weighted by atomic mass is 79.9. The van der Waals surface area contributed by atoms with E-state index < -0.39 is 0 Å². The molecule has 1 heterocycles. The molecule has 0 spiro atoms. The van der Waals surface area contributed by atoms with E-state index in [1.54, 1.807) is 0 Å². The van der Waals surface area contributed by atoms with Gasteiger partial charge in [-0.25, -0.2) is 0 Å². The van der Waals surface area contributed by atoms with Gasteiger partial charge in [0.1, 0.15) is 5.58 Å². The average Bonchev–Trinajstić information content (AvgIpc) is 2.91. The fourth-order valence-electron chi connectivity index (χ4n) is 4.37. The molecule has 4 rings (SSSR count). The van der Waals surface area contributed by atoms with E-state index in [-0.39, 0.29) is 11.9 Å². The lowest BCUT2D eigenvalue weighted by atomic mass is 9.67. The summed E-state index contributed by atoms with van der Waals surface area (Å²) in [6, 6.07) is 8.12. The molecule has 2 aromatic rings. The second-order valence-corrected chi connectivity index (χ2v) is 7.89. The van der Waals surface area contributed by atoms with Crippen LogP contribution in [0.3, 0.4) is 0 Å². The van der Waals surface area contributed by atoms with Gasteiger partial charge in [-0.1, -0.05) is 22.4 Å². The number of nitrogens with one attached hydrogen (secondary N) is 1. The van der Waals surface area contributed by atoms with Crippen molar-refractivity contribution in [1.82, 2.24) is 5.32 Å². The Morgan fingerprint density at radius 1 is 1.22 bits per heavy atom. The molecule has 23 heavy (non-hydrogen) atoms. The van der Waals surface area contributed by atoms with E-state index in [1.807, 2.05) is 24.3 Å². The molecule has 2 aliphatic carbocycles. The quantitative estimate of drug-likeness (QED) is 0.836. The zero-order valence-electron chi connectivity index (χ0n) is 12.9. The van der Waals surface area contributed by atoms with Crippen molar-refractivity contribution in [2.24, 2.45) is 17.6 Å². The maximum absolute atomic E-state index is 12.6. The molecule has 3 N–H and O–H groups in total. The summed E-state index contributed by atoms with van der Waals surface area (Å²) < 4.78 is 6.69. The zero-order chi connectivity index (χ0) is 16.0. The van der Waals surface area contributed by atoms with Crippen LogP contribution in [0.15, 0.2) is 33.2 Å². The van der Waals surface area contributed by atoms with E-state index >= 15 is 0 Å². The highest BCUT2D eigenvalue weighted by molar-refractivity contribution is 9.10. The van der Waals surface area contributed by atoms with Crippen LogP contribution in [-0.4, -0.2) is 18.0 Å². The largest absolute Gasteiger partial charge is 0.451 e. The number of benzene rings is 1. The number of hydrogen-bond donors (Lipinski definition) is 2. The first kappa shape index (κ1) is 15.2. The van der Waals surface area contributed by atoms with Crippen molar-refractivity contribution >= 4 is 32.8 Å². The van der Waals surface area contributed by atoms with Gasteiger partial charge < -0.3 is 15.5 Å². The van der Waals surface area contributed by atoms with E-state index in [0.29, 0.717) is 23.6 Å². The second kappa shape index (κ2) is 5.95. The van der Waals surface area contributed by atoms with Gasteiger partial charge in [-0.15, -0.1) is 0 Å². The minimum Gasteiger partial charge on any atom is -0.451 e. The SMILES string of the molecule is NC1CC2CCCC(C1)C2NC(=O)c1cc2cc(Br)ccc2o1. The molecule has 0 radical (unpaired) electrons. The number of fused-ring (bicyclic) bond motifs is 3. The number of rotatable bonds is 2. The molecule has 1 amide bonds. The normalized spacial score (nSPS) is 30.3. The van der Waals surface area contributed by atoms with Crippen molar-refractivity contribution in [3.8, 4) is 0 Å². The lowest BCUT2D eigenvalue weighted by Crippen LogP contribution is -2.53. The Morgan fingerprint density at radius 2 is 1.96 bits per heavy atom. The number of hydrogen-bond acceptors (Lipinski definition) is 3. The fraction of sp³-hybridized carbons (Fsp3) is 0.500. The average molecular weight is 377 g/mol. The summed E-state index contributed by atoms with van der Waals surface area (Å²) in [5, 5.41) is 4.17. The van der Waals surface area contributed by atoms with Crippen LogP contribution >= 0.6 is 15.9 Å². The van der Waals surface area contributed by atoms with Gasteiger partial charge in [0.15, 0.2) is 5.76 Å². The van der Waals surface area contributed by atoms with Crippen LogP contribution in [0.4, 0.5) is 0 Å². The molecule has 5 heteroatoms. The van der Waals surface area contributed by atoms with Crippen molar-refractivity contribution in [2.75, 3.05) is 0 Å². The number of carbonyl (C=O) groups excluding carboxylic acids is 1. The van der Waals surface area contributed by atoms with Crippen LogP contribution < -0.4 is 11.1 Å². The summed E-state index contributed by atoms with van der Waals surface area (Å²) >= 11 is 3.44. The predicted molar refractivity (Wildman–Crippen MR) is 93.2 cm³/mol. The zero-order valence-corrected chi connectivity index (χ0v) is 14.5. The lowest BCUT2D eigenvalue weighted by molar-refractivity contribution is 0.0734. The first-order chi connectivity index (χ1) is 11.1. The molecule has 0 aliphatic heterocycles. The Labute approximate surface area is 143 Å². The van der Waals surface area contributed by atoms with Crippen LogP contribution in [0.1, 0.15) is 42.7 Å². The predicted octanol–water partition coefficient (Wildman–Crippen LogP) is 3.83. The van der Waals surface area contributed by atoms with Crippen molar-refractivity contribution in [3.63, 3.8) is 0 Å². The second-order valence-electron chi connectivity index (χ2n) is 6.97. The van der Waals surface area contributed by atoms with E-state index in [1.165, 1.54) is 19.3 Å². The molecule has 0 saturated heterocycles. The van der Waals surface area contributed by atoms with Gasteiger partial charge in [0.05, 0.1) is 0 Å². The van der Waals surface area contributed by atoms with Gasteiger partial charge in [0.25, 0.3) is 5.91 Å². The molecule has 2 unspecified atom stereocenters. The Kier molecular flexibility index (Phi) is 3.93. The van der Waals surface area contributed by atoms with Crippen molar-refractivity contribution < 1.29 is 9.21 Å². The third-order valence-corrected chi connectivity index (χ3v) is 5.87. The van der Waals surface area contributed by atoms with Crippen LogP contribution in [0, 0.1) is 11.8 Å². The molecular weight excluding hydrogens is 356 g/mol. The highest BCUT2D eigenvalue weighted by Gasteiger charge is 2.40. The van der Waals surface area contributed by atoms with Gasteiger partial charge in [-0.3, -0.25) is 4.79 Å². The van der Waals surface area contributed by atoms with Gasteiger partial charge in [0.2, 0.25) is 0 Å². The summed E-state index contributed by atoms with van der Waals surface area (Å²) in [5.74, 6) is 1.32. The first-order valence-corrected chi connectivity index (χ1v) is 9.15. The van der Waals surface area contributed by atoms with Gasteiger partial charge >= 0.3 is 0 Å². The Balaban J connectivity index is 1.54. The molecule has 2 saturated carbocycles. The summed E-state index contributed by atoms with van der Waals surface area (Å²) in [5.41, 5.74) is 6.90. The first-order valence-electron chi connectivity index (χ1n) is 8.35. The Morgan fingerprint density at radius 3 is 2.70 bits per heavy atom.